The molecular weight excluding hydrogens is 410 g/mol. The van der Waals surface area contributed by atoms with Gasteiger partial charge in [0.15, 0.2) is 5.65 Å². The molecule has 10 heteroatoms. The predicted octanol–water partition coefficient (Wildman–Crippen LogP) is 1.36. The van der Waals surface area contributed by atoms with Crippen LogP contribution in [0.3, 0.4) is 0 Å². The molecule has 4 heterocycles. The van der Waals surface area contributed by atoms with E-state index >= 15 is 0 Å². The molecular formula is C22H25N7O3. The van der Waals surface area contributed by atoms with Crippen molar-refractivity contribution in [3.05, 3.63) is 57.0 Å². The Hall–Kier alpha value is -3.53. The first-order valence-electron chi connectivity index (χ1n) is 10.6. The van der Waals surface area contributed by atoms with Gasteiger partial charge in [-0.15, -0.1) is 0 Å². The molecule has 0 amide bonds. The molecule has 166 valence electrons. The molecule has 1 aliphatic rings. The molecule has 1 unspecified atom stereocenters. The standard InChI is InChI=1S/C22H25N7O3/c1-26-13-15-18(25-26)24-22(27(2)20(15)30)28-10-6-9-17(28)19-23-16-8-5-4-7-14(16)21(31)29(19)11-12-32-3/h4-5,7-8,13,17H,6,9-12H2,1-3H3. The highest BCUT2D eigenvalue weighted by Gasteiger charge is 2.33. The van der Waals surface area contributed by atoms with E-state index < -0.39 is 0 Å². The number of aryl methyl sites for hydroxylation is 1. The van der Waals surface area contributed by atoms with Crippen LogP contribution >= 0.6 is 0 Å². The number of fused-ring (bicyclic) bond motifs is 2. The smallest absolute Gasteiger partial charge is 0.265 e. The van der Waals surface area contributed by atoms with E-state index in [2.05, 4.69) is 10.00 Å². The Bertz CT molecular complexity index is 1440. The van der Waals surface area contributed by atoms with Crippen LogP contribution in [0.4, 0.5) is 5.95 Å². The first-order valence-corrected chi connectivity index (χ1v) is 10.6. The lowest BCUT2D eigenvalue weighted by Crippen LogP contribution is -2.36. The van der Waals surface area contributed by atoms with E-state index in [1.807, 2.05) is 18.2 Å². The maximum atomic E-state index is 13.3. The molecule has 32 heavy (non-hydrogen) atoms. The number of rotatable bonds is 5. The van der Waals surface area contributed by atoms with Gasteiger partial charge < -0.3 is 9.64 Å². The summed E-state index contributed by atoms with van der Waals surface area (Å²) in [6.07, 6.45) is 3.38. The van der Waals surface area contributed by atoms with Crippen molar-refractivity contribution in [2.75, 3.05) is 25.2 Å². The van der Waals surface area contributed by atoms with Crippen LogP contribution in [-0.4, -0.2) is 49.1 Å². The predicted molar refractivity (Wildman–Crippen MR) is 121 cm³/mol. The van der Waals surface area contributed by atoms with Crippen LogP contribution in [0.1, 0.15) is 24.7 Å². The fourth-order valence-electron chi connectivity index (χ4n) is 4.52. The molecule has 1 aliphatic heterocycles. The zero-order chi connectivity index (χ0) is 22.4. The number of anilines is 1. The van der Waals surface area contributed by atoms with E-state index in [-0.39, 0.29) is 17.2 Å². The van der Waals surface area contributed by atoms with Gasteiger partial charge >= 0.3 is 0 Å². The monoisotopic (exact) mass is 435 g/mol. The van der Waals surface area contributed by atoms with Crippen LogP contribution in [-0.2, 0) is 25.4 Å². The van der Waals surface area contributed by atoms with Gasteiger partial charge in [-0.25, -0.2) is 4.98 Å². The molecule has 1 aromatic carbocycles. The Labute approximate surface area is 183 Å². The lowest BCUT2D eigenvalue weighted by Gasteiger charge is -2.28. The van der Waals surface area contributed by atoms with Crippen molar-refractivity contribution >= 4 is 27.9 Å². The average Bonchev–Trinajstić information content (AvgIpc) is 3.42. The summed E-state index contributed by atoms with van der Waals surface area (Å²) in [5, 5.41) is 5.40. The maximum absolute atomic E-state index is 13.3. The van der Waals surface area contributed by atoms with Gasteiger partial charge in [-0.05, 0) is 25.0 Å². The van der Waals surface area contributed by atoms with Gasteiger partial charge in [0.1, 0.15) is 11.2 Å². The van der Waals surface area contributed by atoms with Crippen molar-refractivity contribution in [2.45, 2.75) is 25.4 Å². The van der Waals surface area contributed by atoms with Gasteiger partial charge in [0.05, 0.1) is 30.1 Å². The molecule has 0 saturated carbocycles. The van der Waals surface area contributed by atoms with E-state index in [9.17, 15) is 9.59 Å². The van der Waals surface area contributed by atoms with Gasteiger partial charge in [-0.2, -0.15) is 10.1 Å². The number of para-hydroxylation sites is 1. The second-order valence-corrected chi connectivity index (χ2v) is 8.10. The summed E-state index contributed by atoms with van der Waals surface area (Å²) >= 11 is 0. The number of hydrogen-bond donors (Lipinski definition) is 0. The maximum Gasteiger partial charge on any atom is 0.265 e. The van der Waals surface area contributed by atoms with Crippen molar-refractivity contribution in [1.29, 1.82) is 0 Å². The van der Waals surface area contributed by atoms with Gasteiger partial charge in [0.25, 0.3) is 11.1 Å². The van der Waals surface area contributed by atoms with Crippen molar-refractivity contribution < 1.29 is 4.74 Å². The van der Waals surface area contributed by atoms with Crippen molar-refractivity contribution in [3.63, 3.8) is 0 Å². The third-order valence-electron chi connectivity index (χ3n) is 6.07. The highest BCUT2D eigenvalue weighted by molar-refractivity contribution is 5.77. The van der Waals surface area contributed by atoms with Crippen LogP contribution in [0, 0.1) is 0 Å². The van der Waals surface area contributed by atoms with Crippen molar-refractivity contribution in [2.24, 2.45) is 14.1 Å². The summed E-state index contributed by atoms with van der Waals surface area (Å²) in [5.74, 6) is 1.20. The Morgan fingerprint density at radius 1 is 1.09 bits per heavy atom. The third-order valence-corrected chi connectivity index (χ3v) is 6.07. The van der Waals surface area contributed by atoms with E-state index in [4.69, 9.17) is 14.7 Å². The topological polar surface area (TPSA) is 100 Å². The zero-order valence-corrected chi connectivity index (χ0v) is 18.4. The molecule has 0 aliphatic carbocycles. The zero-order valence-electron chi connectivity index (χ0n) is 18.4. The first-order chi connectivity index (χ1) is 15.5. The molecule has 0 spiro atoms. The summed E-state index contributed by atoms with van der Waals surface area (Å²) < 4.78 is 10.1. The largest absolute Gasteiger partial charge is 0.383 e. The van der Waals surface area contributed by atoms with E-state index in [0.717, 1.165) is 12.8 Å². The minimum Gasteiger partial charge on any atom is -0.383 e. The van der Waals surface area contributed by atoms with Crippen LogP contribution in [0.15, 0.2) is 40.1 Å². The highest BCUT2D eigenvalue weighted by atomic mass is 16.5. The van der Waals surface area contributed by atoms with Crippen LogP contribution in [0.2, 0.25) is 0 Å². The second-order valence-electron chi connectivity index (χ2n) is 8.10. The summed E-state index contributed by atoms with van der Waals surface area (Å²) in [4.78, 5) is 37.9. The molecule has 1 fully saturated rings. The molecule has 1 saturated heterocycles. The average molecular weight is 435 g/mol. The fourth-order valence-corrected chi connectivity index (χ4v) is 4.52. The number of benzene rings is 1. The lowest BCUT2D eigenvalue weighted by atomic mass is 10.1. The van der Waals surface area contributed by atoms with E-state index in [1.165, 1.54) is 0 Å². The number of aromatic nitrogens is 6. The van der Waals surface area contributed by atoms with Crippen molar-refractivity contribution in [1.82, 2.24) is 28.9 Å². The van der Waals surface area contributed by atoms with Gasteiger partial charge in [-0.3, -0.25) is 23.4 Å². The second kappa shape index (κ2) is 7.86. The minimum absolute atomic E-state index is 0.0865. The molecule has 0 radical (unpaired) electrons. The number of hydrogen-bond acceptors (Lipinski definition) is 7. The Morgan fingerprint density at radius 3 is 2.72 bits per heavy atom. The number of methoxy groups -OCH3 is 1. The summed E-state index contributed by atoms with van der Waals surface area (Å²) in [5.41, 5.74) is 0.845. The number of nitrogens with zero attached hydrogens (tertiary/aromatic N) is 7. The van der Waals surface area contributed by atoms with E-state index in [1.54, 1.807) is 47.3 Å². The third kappa shape index (κ3) is 3.18. The molecule has 4 aromatic rings. The normalized spacial score (nSPS) is 16.5. The van der Waals surface area contributed by atoms with E-state index in [0.29, 0.717) is 53.4 Å². The molecule has 3 aromatic heterocycles. The first kappa shape index (κ1) is 20.4. The Morgan fingerprint density at radius 2 is 1.91 bits per heavy atom. The fraction of sp³-hybridized carbons (Fsp3) is 0.409. The number of ether oxygens (including phenoxy) is 1. The summed E-state index contributed by atoms with van der Waals surface area (Å²) in [7, 11) is 5.11. The SMILES string of the molecule is COCCn1c(C2CCCN2c2nc3nn(C)cc3c(=O)n2C)nc2ccccc2c1=O. The summed E-state index contributed by atoms with van der Waals surface area (Å²) in [6.45, 7) is 1.50. The van der Waals surface area contributed by atoms with Crippen LogP contribution in [0.5, 0.6) is 0 Å². The van der Waals surface area contributed by atoms with Gasteiger partial charge in [0.2, 0.25) is 5.95 Å². The molecule has 0 N–H and O–H groups in total. The molecule has 1 atom stereocenters. The minimum atomic E-state index is -0.191. The Kier molecular flexibility index (Phi) is 5.01. The van der Waals surface area contributed by atoms with Gasteiger partial charge in [0, 0.05) is 33.9 Å². The molecule has 0 bridgehead atoms. The van der Waals surface area contributed by atoms with Crippen LogP contribution in [0.25, 0.3) is 21.9 Å². The highest BCUT2D eigenvalue weighted by Crippen LogP contribution is 2.34. The lowest BCUT2D eigenvalue weighted by molar-refractivity contribution is 0.184. The van der Waals surface area contributed by atoms with Crippen molar-refractivity contribution in [3.8, 4) is 0 Å². The molecule has 10 nitrogen and oxygen atoms in total. The van der Waals surface area contributed by atoms with Gasteiger partial charge in [-0.1, -0.05) is 12.1 Å². The van der Waals surface area contributed by atoms with Crippen LogP contribution < -0.4 is 16.0 Å². The summed E-state index contributed by atoms with van der Waals surface area (Å²) in [6, 6.07) is 7.18. The Balaban J connectivity index is 1.68. The molecule has 5 rings (SSSR count). The quantitative estimate of drug-likeness (QED) is 0.467.